The van der Waals surface area contributed by atoms with Gasteiger partial charge in [0.15, 0.2) is 0 Å². The SMILES string of the molecule is NCCCNC(=O)c1ccc(CNC(=O)Cc2cccs2)cc1. The van der Waals surface area contributed by atoms with Gasteiger partial charge in [0, 0.05) is 23.5 Å². The van der Waals surface area contributed by atoms with Crippen molar-refractivity contribution in [3.05, 3.63) is 57.8 Å². The highest BCUT2D eigenvalue weighted by Crippen LogP contribution is 2.09. The third-order valence-electron chi connectivity index (χ3n) is 3.29. The molecule has 23 heavy (non-hydrogen) atoms. The zero-order valence-electron chi connectivity index (χ0n) is 12.9. The Hall–Kier alpha value is -2.18. The van der Waals surface area contributed by atoms with Crippen LogP contribution in [0.2, 0.25) is 0 Å². The van der Waals surface area contributed by atoms with Crippen molar-refractivity contribution in [2.45, 2.75) is 19.4 Å². The number of benzene rings is 1. The van der Waals surface area contributed by atoms with Crippen LogP contribution >= 0.6 is 11.3 Å². The summed E-state index contributed by atoms with van der Waals surface area (Å²) >= 11 is 1.57. The van der Waals surface area contributed by atoms with Crippen molar-refractivity contribution in [3.63, 3.8) is 0 Å². The number of rotatable bonds is 8. The lowest BCUT2D eigenvalue weighted by atomic mass is 10.1. The number of hydrogen-bond donors (Lipinski definition) is 3. The number of nitrogens with one attached hydrogen (secondary N) is 2. The highest BCUT2D eigenvalue weighted by atomic mass is 32.1. The second-order valence-electron chi connectivity index (χ2n) is 5.13. The zero-order chi connectivity index (χ0) is 16.5. The topological polar surface area (TPSA) is 84.2 Å². The van der Waals surface area contributed by atoms with Crippen LogP contribution in [0.1, 0.15) is 27.2 Å². The third-order valence-corrected chi connectivity index (χ3v) is 4.16. The first-order valence-electron chi connectivity index (χ1n) is 7.55. The standard InChI is InChI=1S/C17H21N3O2S/c18-8-2-9-19-17(22)14-6-4-13(5-7-14)12-20-16(21)11-15-3-1-10-23-15/h1,3-7,10H,2,8-9,11-12,18H2,(H,19,22)(H,20,21). The quantitative estimate of drug-likeness (QED) is 0.644. The average molecular weight is 331 g/mol. The number of carbonyl (C=O) groups excluding carboxylic acids is 2. The first-order valence-corrected chi connectivity index (χ1v) is 8.43. The largest absolute Gasteiger partial charge is 0.352 e. The predicted octanol–water partition coefficient (Wildman–Crippen LogP) is 1.69. The van der Waals surface area contributed by atoms with Gasteiger partial charge in [0.25, 0.3) is 5.91 Å². The lowest BCUT2D eigenvalue weighted by Crippen LogP contribution is -2.26. The Bertz CT molecular complexity index is 624. The number of amides is 2. The van der Waals surface area contributed by atoms with Crippen LogP contribution in [0.4, 0.5) is 0 Å². The van der Waals surface area contributed by atoms with E-state index in [-0.39, 0.29) is 11.8 Å². The van der Waals surface area contributed by atoms with Crippen molar-refractivity contribution >= 4 is 23.2 Å². The van der Waals surface area contributed by atoms with Crippen molar-refractivity contribution in [1.29, 1.82) is 0 Å². The number of nitrogens with two attached hydrogens (primary N) is 1. The smallest absolute Gasteiger partial charge is 0.251 e. The molecule has 0 aliphatic carbocycles. The van der Waals surface area contributed by atoms with E-state index in [2.05, 4.69) is 10.6 Å². The van der Waals surface area contributed by atoms with Crippen LogP contribution < -0.4 is 16.4 Å². The van der Waals surface area contributed by atoms with Gasteiger partial charge >= 0.3 is 0 Å². The summed E-state index contributed by atoms with van der Waals surface area (Å²) in [7, 11) is 0. The minimum absolute atomic E-state index is 0.00365. The van der Waals surface area contributed by atoms with E-state index in [9.17, 15) is 9.59 Å². The fraction of sp³-hybridized carbons (Fsp3) is 0.294. The van der Waals surface area contributed by atoms with Crippen LogP contribution in [0.15, 0.2) is 41.8 Å². The molecule has 6 heteroatoms. The van der Waals surface area contributed by atoms with Crippen LogP contribution in [-0.2, 0) is 17.8 Å². The molecule has 0 aliphatic rings. The second kappa shape index (κ2) is 9.07. The average Bonchev–Trinajstić information content (AvgIpc) is 3.06. The number of hydrogen-bond acceptors (Lipinski definition) is 4. The summed E-state index contributed by atoms with van der Waals surface area (Å²) in [6.07, 6.45) is 1.17. The molecule has 0 unspecified atom stereocenters. The maximum absolute atomic E-state index is 11.9. The van der Waals surface area contributed by atoms with E-state index in [1.54, 1.807) is 23.5 Å². The fourth-order valence-corrected chi connectivity index (χ4v) is 2.72. The van der Waals surface area contributed by atoms with Crippen molar-refractivity contribution in [2.75, 3.05) is 13.1 Å². The lowest BCUT2D eigenvalue weighted by Gasteiger charge is -2.07. The van der Waals surface area contributed by atoms with Gasteiger partial charge in [-0.05, 0) is 42.1 Å². The van der Waals surface area contributed by atoms with Crippen LogP contribution in [0.5, 0.6) is 0 Å². The maximum Gasteiger partial charge on any atom is 0.251 e. The van der Waals surface area contributed by atoms with Crippen molar-refractivity contribution in [2.24, 2.45) is 5.73 Å². The van der Waals surface area contributed by atoms with Gasteiger partial charge < -0.3 is 16.4 Å². The third kappa shape index (κ3) is 5.84. The van der Waals surface area contributed by atoms with E-state index >= 15 is 0 Å². The molecular formula is C17H21N3O2S. The maximum atomic E-state index is 11.9. The molecule has 122 valence electrons. The van der Waals surface area contributed by atoms with E-state index in [1.807, 2.05) is 29.6 Å². The van der Waals surface area contributed by atoms with Crippen LogP contribution in [0, 0.1) is 0 Å². The van der Waals surface area contributed by atoms with Gasteiger partial charge in [0.2, 0.25) is 5.91 Å². The monoisotopic (exact) mass is 331 g/mol. The zero-order valence-corrected chi connectivity index (χ0v) is 13.7. The van der Waals surface area contributed by atoms with Gasteiger partial charge in [-0.2, -0.15) is 0 Å². The minimum Gasteiger partial charge on any atom is -0.352 e. The molecule has 2 rings (SSSR count). The molecule has 2 aromatic rings. The van der Waals surface area contributed by atoms with Crippen LogP contribution in [-0.4, -0.2) is 24.9 Å². The Kier molecular flexibility index (Phi) is 6.77. The lowest BCUT2D eigenvalue weighted by molar-refractivity contribution is -0.120. The van der Waals surface area contributed by atoms with E-state index in [4.69, 9.17) is 5.73 Å². The normalized spacial score (nSPS) is 10.3. The molecule has 0 aliphatic heterocycles. The Morgan fingerprint density at radius 1 is 1.09 bits per heavy atom. The first kappa shape index (κ1) is 17.2. The first-order chi connectivity index (χ1) is 11.2. The van der Waals surface area contributed by atoms with Gasteiger partial charge in [0.05, 0.1) is 6.42 Å². The van der Waals surface area contributed by atoms with E-state index in [1.165, 1.54) is 0 Å². The number of carbonyl (C=O) groups is 2. The summed E-state index contributed by atoms with van der Waals surface area (Å²) in [6.45, 7) is 1.60. The van der Waals surface area contributed by atoms with Crippen LogP contribution in [0.25, 0.3) is 0 Å². The summed E-state index contributed by atoms with van der Waals surface area (Å²) in [5.41, 5.74) is 6.96. The molecule has 0 saturated carbocycles. The van der Waals surface area contributed by atoms with Crippen molar-refractivity contribution in [1.82, 2.24) is 10.6 Å². The van der Waals surface area contributed by atoms with Crippen LogP contribution in [0.3, 0.4) is 0 Å². The highest BCUT2D eigenvalue weighted by molar-refractivity contribution is 7.10. The Labute approximate surface area is 139 Å². The molecule has 2 amide bonds. The van der Waals surface area contributed by atoms with E-state index in [0.717, 1.165) is 16.9 Å². The fourth-order valence-electron chi connectivity index (χ4n) is 2.01. The summed E-state index contributed by atoms with van der Waals surface area (Å²) in [4.78, 5) is 24.7. The van der Waals surface area contributed by atoms with E-state index in [0.29, 0.717) is 31.6 Å². The number of thiophene rings is 1. The van der Waals surface area contributed by atoms with E-state index < -0.39 is 0 Å². The summed E-state index contributed by atoms with van der Waals surface area (Å²) < 4.78 is 0. The van der Waals surface area contributed by atoms with Gasteiger partial charge in [-0.1, -0.05) is 18.2 Å². The van der Waals surface area contributed by atoms with Gasteiger partial charge in [-0.25, -0.2) is 0 Å². The molecule has 0 atom stereocenters. The van der Waals surface area contributed by atoms with Gasteiger partial charge in [-0.3, -0.25) is 9.59 Å². The minimum atomic E-state index is -0.105. The molecule has 0 radical (unpaired) electrons. The van der Waals surface area contributed by atoms with Crippen molar-refractivity contribution < 1.29 is 9.59 Å². The summed E-state index contributed by atoms with van der Waals surface area (Å²) in [5.74, 6) is -0.109. The molecule has 0 spiro atoms. The molecule has 0 saturated heterocycles. The Morgan fingerprint density at radius 2 is 1.87 bits per heavy atom. The second-order valence-corrected chi connectivity index (χ2v) is 6.16. The highest BCUT2D eigenvalue weighted by Gasteiger charge is 2.06. The molecular weight excluding hydrogens is 310 g/mol. The Balaban J connectivity index is 1.78. The van der Waals surface area contributed by atoms with Gasteiger partial charge in [0.1, 0.15) is 0 Å². The van der Waals surface area contributed by atoms with Crippen molar-refractivity contribution in [3.8, 4) is 0 Å². The molecule has 1 aromatic carbocycles. The summed E-state index contributed by atoms with van der Waals surface area (Å²) in [6, 6.07) is 11.1. The molecule has 0 bridgehead atoms. The summed E-state index contributed by atoms with van der Waals surface area (Å²) in [5, 5.41) is 7.65. The molecule has 1 aromatic heterocycles. The Morgan fingerprint density at radius 3 is 2.52 bits per heavy atom. The predicted molar refractivity (Wildman–Crippen MR) is 92.3 cm³/mol. The molecule has 0 fully saturated rings. The molecule has 1 heterocycles. The molecule has 5 nitrogen and oxygen atoms in total. The molecule has 4 N–H and O–H groups in total. The van der Waals surface area contributed by atoms with Gasteiger partial charge in [-0.15, -0.1) is 11.3 Å².